The number of ketones is 1. The maximum absolute atomic E-state index is 12.7. The number of nitrogens with zero attached hydrogens (tertiary/aromatic N) is 3. The fraction of sp³-hybridized carbons (Fsp3) is 0.450. The second-order valence-corrected chi connectivity index (χ2v) is 9.42. The minimum atomic E-state index is -3.18. The minimum absolute atomic E-state index is 0.152. The number of hydrogen-bond donors (Lipinski definition) is 1. The van der Waals surface area contributed by atoms with Gasteiger partial charge in [-0.3, -0.25) is 9.59 Å². The standard InChI is InChI=1S/C20H26N4O4S/c1-14-18(15(2)24(22-14)17-7-5-4-6-8-17)19(25)20(26)21-13-16-9-11-23(12-10-16)29(3,27)28/h4-8,16H,9-13H2,1-3H3,(H,21,26). The molecular formula is C20H26N4O4S. The number of para-hydroxylation sites is 1. The van der Waals surface area contributed by atoms with Crippen LogP contribution in [0.4, 0.5) is 0 Å². The molecule has 1 aliphatic rings. The van der Waals surface area contributed by atoms with Gasteiger partial charge in [-0.05, 0) is 44.7 Å². The smallest absolute Gasteiger partial charge is 0.292 e. The zero-order valence-corrected chi connectivity index (χ0v) is 17.7. The van der Waals surface area contributed by atoms with Gasteiger partial charge in [0.05, 0.1) is 28.9 Å². The highest BCUT2D eigenvalue weighted by atomic mass is 32.2. The van der Waals surface area contributed by atoms with Crippen molar-refractivity contribution in [3.8, 4) is 5.69 Å². The van der Waals surface area contributed by atoms with E-state index in [0.29, 0.717) is 49.4 Å². The Kier molecular flexibility index (Phi) is 6.18. The molecule has 2 heterocycles. The molecule has 1 N–H and O–H groups in total. The highest BCUT2D eigenvalue weighted by Crippen LogP contribution is 2.20. The summed E-state index contributed by atoms with van der Waals surface area (Å²) in [4.78, 5) is 25.2. The van der Waals surface area contributed by atoms with Crippen LogP contribution in [0.25, 0.3) is 5.69 Å². The average Bonchev–Trinajstić information content (AvgIpc) is 3.00. The minimum Gasteiger partial charge on any atom is -0.349 e. The van der Waals surface area contributed by atoms with Gasteiger partial charge in [-0.25, -0.2) is 17.4 Å². The van der Waals surface area contributed by atoms with Crippen molar-refractivity contribution in [3.05, 3.63) is 47.3 Å². The van der Waals surface area contributed by atoms with Crippen molar-refractivity contribution in [1.82, 2.24) is 19.4 Å². The van der Waals surface area contributed by atoms with Crippen molar-refractivity contribution in [1.29, 1.82) is 0 Å². The predicted octanol–water partition coefficient (Wildman–Crippen LogP) is 1.46. The zero-order chi connectivity index (χ0) is 21.2. The number of piperidine rings is 1. The topological polar surface area (TPSA) is 101 Å². The van der Waals surface area contributed by atoms with Crippen LogP contribution < -0.4 is 5.32 Å². The number of hydrogen-bond acceptors (Lipinski definition) is 5. The first-order valence-electron chi connectivity index (χ1n) is 9.57. The number of carbonyl (C=O) groups excluding carboxylic acids is 2. The Morgan fingerprint density at radius 3 is 2.34 bits per heavy atom. The van der Waals surface area contributed by atoms with Crippen LogP contribution in [0.3, 0.4) is 0 Å². The van der Waals surface area contributed by atoms with Gasteiger partial charge in [-0.15, -0.1) is 0 Å². The summed E-state index contributed by atoms with van der Waals surface area (Å²) in [6.07, 6.45) is 2.52. The van der Waals surface area contributed by atoms with Crippen LogP contribution in [0.2, 0.25) is 0 Å². The molecule has 0 bridgehead atoms. The molecule has 0 aliphatic carbocycles. The predicted molar refractivity (Wildman–Crippen MR) is 110 cm³/mol. The van der Waals surface area contributed by atoms with Crippen LogP contribution in [-0.4, -0.2) is 60.1 Å². The van der Waals surface area contributed by atoms with Crippen molar-refractivity contribution in [2.45, 2.75) is 26.7 Å². The highest BCUT2D eigenvalue weighted by Gasteiger charge is 2.28. The van der Waals surface area contributed by atoms with Crippen LogP contribution in [0.15, 0.2) is 30.3 Å². The lowest BCUT2D eigenvalue weighted by Gasteiger charge is -2.30. The molecule has 0 unspecified atom stereocenters. The second-order valence-electron chi connectivity index (χ2n) is 7.44. The summed E-state index contributed by atoms with van der Waals surface area (Å²) in [5.41, 5.74) is 2.27. The van der Waals surface area contributed by atoms with Gasteiger partial charge in [-0.2, -0.15) is 5.10 Å². The maximum atomic E-state index is 12.7. The molecule has 0 spiro atoms. The molecule has 3 rings (SSSR count). The van der Waals surface area contributed by atoms with Gasteiger partial charge >= 0.3 is 0 Å². The molecule has 1 fully saturated rings. The van der Waals surface area contributed by atoms with E-state index in [1.807, 2.05) is 30.3 Å². The zero-order valence-electron chi connectivity index (χ0n) is 16.9. The number of nitrogens with one attached hydrogen (secondary N) is 1. The number of aromatic nitrogens is 2. The molecule has 1 saturated heterocycles. The van der Waals surface area contributed by atoms with E-state index in [1.165, 1.54) is 10.6 Å². The Morgan fingerprint density at radius 2 is 1.76 bits per heavy atom. The van der Waals surface area contributed by atoms with E-state index in [4.69, 9.17) is 0 Å². The summed E-state index contributed by atoms with van der Waals surface area (Å²) in [7, 11) is -3.18. The third-order valence-corrected chi connectivity index (χ3v) is 6.62. The molecule has 0 saturated carbocycles. The monoisotopic (exact) mass is 418 g/mol. The van der Waals surface area contributed by atoms with Gasteiger partial charge in [0.15, 0.2) is 0 Å². The molecule has 29 heavy (non-hydrogen) atoms. The number of aryl methyl sites for hydroxylation is 1. The van der Waals surface area contributed by atoms with Crippen molar-refractivity contribution < 1.29 is 18.0 Å². The number of rotatable bonds is 6. The number of benzene rings is 1. The van der Waals surface area contributed by atoms with Crippen molar-refractivity contribution >= 4 is 21.7 Å². The Labute approximate surface area is 170 Å². The molecule has 0 radical (unpaired) electrons. The lowest BCUT2D eigenvalue weighted by molar-refractivity contribution is -0.117. The summed E-state index contributed by atoms with van der Waals surface area (Å²) in [6.45, 7) is 4.72. The highest BCUT2D eigenvalue weighted by molar-refractivity contribution is 7.88. The van der Waals surface area contributed by atoms with Crippen molar-refractivity contribution in [2.24, 2.45) is 5.92 Å². The van der Waals surface area contributed by atoms with Gasteiger partial charge in [0.2, 0.25) is 10.0 Å². The Balaban J connectivity index is 1.63. The molecule has 1 aromatic carbocycles. The summed E-state index contributed by atoms with van der Waals surface area (Å²) in [6, 6.07) is 9.44. The molecule has 9 heteroatoms. The number of Topliss-reactive ketones (excluding diaryl/α,β-unsaturated/α-hetero) is 1. The number of sulfonamides is 1. The van der Waals surface area contributed by atoms with E-state index >= 15 is 0 Å². The Hall–Kier alpha value is -2.52. The average molecular weight is 419 g/mol. The van der Waals surface area contributed by atoms with E-state index < -0.39 is 21.7 Å². The second kappa shape index (κ2) is 8.46. The van der Waals surface area contributed by atoms with Gasteiger partial charge < -0.3 is 5.32 Å². The van der Waals surface area contributed by atoms with Crippen molar-refractivity contribution in [3.63, 3.8) is 0 Å². The van der Waals surface area contributed by atoms with E-state index in [2.05, 4.69) is 10.4 Å². The van der Waals surface area contributed by atoms with Crippen LogP contribution in [0.1, 0.15) is 34.6 Å². The maximum Gasteiger partial charge on any atom is 0.292 e. The Bertz CT molecular complexity index is 1010. The van der Waals surface area contributed by atoms with E-state index in [1.54, 1.807) is 18.5 Å². The third-order valence-electron chi connectivity index (χ3n) is 5.32. The largest absolute Gasteiger partial charge is 0.349 e. The molecular weight excluding hydrogens is 392 g/mol. The summed E-state index contributed by atoms with van der Waals surface area (Å²) >= 11 is 0. The third kappa shape index (κ3) is 4.73. The molecule has 156 valence electrons. The molecule has 1 aliphatic heterocycles. The van der Waals surface area contributed by atoms with Gasteiger partial charge in [0.1, 0.15) is 0 Å². The first-order valence-corrected chi connectivity index (χ1v) is 11.4. The van der Waals surface area contributed by atoms with E-state index in [0.717, 1.165) is 5.69 Å². The summed E-state index contributed by atoms with van der Waals surface area (Å²) in [5.74, 6) is -1.11. The first kappa shape index (κ1) is 21.2. The van der Waals surface area contributed by atoms with Crippen LogP contribution >= 0.6 is 0 Å². The van der Waals surface area contributed by atoms with Crippen molar-refractivity contribution in [2.75, 3.05) is 25.9 Å². The first-order chi connectivity index (χ1) is 13.7. The van der Waals surface area contributed by atoms with Crippen LogP contribution in [0, 0.1) is 19.8 Å². The molecule has 1 aromatic heterocycles. The van der Waals surface area contributed by atoms with E-state index in [-0.39, 0.29) is 5.92 Å². The molecule has 1 amide bonds. The summed E-state index contributed by atoms with van der Waals surface area (Å²) < 4.78 is 26.3. The van der Waals surface area contributed by atoms with E-state index in [9.17, 15) is 18.0 Å². The number of carbonyl (C=O) groups is 2. The molecule has 0 atom stereocenters. The SMILES string of the molecule is Cc1nn(-c2ccccc2)c(C)c1C(=O)C(=O)NCC1CCN(S(C)(=O)=O)CC1. The Morgan fingerprint density at radius 1 is 1.14 bits per heavy atom. The lowest BCUT2D eigenvalue weighted by Crippen LogP contribution is -2.42. The fourth-order valence-corrected chi connectivity index (χ4v) is 4.54. The lowest BCUT2D eigenvalue weighted by atomic mass is 9.98. The van der Waals surface area contributed by atoms with Gasteiger partial charge in [-0.1, -0.05) is 18.2 Å². The normalized spacial score (nSPS) is 16.0. The van der Waals surface area contributed by atoms with Crippen LogP contribution in [0.5, 0.6) is 0 Å². The molecule has 8 nitrogen and oxygen atoms in total. The van der Waals surface area contributed by atoms with Crippen LogP contribution in [-0.2, 0) is 14.8 Å². The molecule has 2 aromatic rings. The quantitative estimate of drug-likeness (QED) is 0.565. The number of amides is 1. The summed E-state index contributed by atoms with van der Waals surface area (Å²) in [5, 5.41) is 7.13. The van der Waals surface area contributed by atoms with Gasteiger partial charge in [0.25, 0.3) is 11.7 Å². The van der Waals surface area contributed by atoms with Gasteiger partial charge in [0, 0.05) is 19.6 Å². The fourth-order valence-electron chi connectivity index (χ4n) is 3.67.